The van der Waals surface area contributed by atoms with Gasteiger partial charge in [-0.05, 0) is 64.7 Å². The second kappa shape index (κ2) is 10.1. The molecule has 3 amide bonds. The molecule has 1 aromatic carbocycles. The lowest BCUT2D eigenvalue weighted by molar-refractivity contribution is -0.141. The summed E-state index contributed by atoms with van der Waals surface area (Å²) in [7, 11) is 0. The lowest BCUT2D eigenvalue weighted by atomic mass is 10.1. The fourth-order valence-corrected chi connectivity index (χ4v) is 5.54. The maximum atomic E-state index is 13.4. The molecule has 1 aromatic rings. The van der Waals surface area contributed by atoms with Crippen molar-refractivity contribution in [1.29, 1.82) is 5.26 Å². The maximum absolute atomic E-state index is 13.4. The first-order valence-corrected chi connectivity index (χ1v) is 12.5. The van der Waals surface area contributed by atoms with E-state index in [0.29, 0.717) is 25.9 Å². The smallest absolute Gasteiger partial charge is 0.408 e. The number of benzene rings is 1. The lowest BCUT2D eigenvalue weighted by Gasteiger charge is -2.39. The van der Waals surface area contributed by atoms with Crippen molar-refractivity contribution in [3.05, 3.63) is 35.6 Å². The van der Waals surface area contributed by atoms with E-state index in [1.165, 1.54) is 17.0 Å². The fraction of sp³-hybridized carbons (Fsp3) is 0.615. The third kappa shape index (κ3) is 5.31. The zero-order valence-corrected chi connectivity index (χ0v) is 21.2. The van der Waals surface area contributed by atoms with Crippen LogP contribution in [-0.4, -0.2) is 82.0 Å². The Kier molecular flexibility index (Phi) is 7.23. The number of likely N-dealkylation sites (tertiary alicyclic amines) is 3. The zero-order chi connectivity index (χ0) is 26.2. The predicted molar refractivity (Wildman–Crippen MR) is 129 cm³/mol. The van der Waals surface area contributed by atoms with E-state index in [2.05, 4.69) is 11.4 Å². The molecule has 0 aliphatic carbocycles. The van der Waals surface area contributed by atoms with E-state index in [4.69, 9.17) is 4.74 Å². The average molecular weight is 500 g/mol. The number of rotatable bonds is 6. The van der Waals surface area contributed by atoms with Gasteiger partial charge in [0, 0.05) is 25.7 Å². The fourth-order valence-electron chi connectivity index (χ4n) is 5.54. The van der Waals surface area contributed by atoms with E-state index in [-0.39, 0.29) is 36.3 Å². The summed E-state index contributed by atoms with van der Waals surface area (Å²) in [6.45, 7) is 8.32. The van der Waals surface area contributed by atoms with E-state index in [1.54, 1.807) is 32.9 Å². The third-order valence-electron chi connectivity index (χ3n) is 7.18. The van der Waals surface area contributed by atoms with Crippen molar-refractivity contribution < 1.29 is 23.5 Å². The molecule has 5 atom stereocenters. The Labute approximate surface area is 211 Å². The lowest BCUT2D eigenvalue weighted by Crippen LogP contribution is -2.59. The Morgan fingerprint density at radius 1 is 1.28 bits per heavy atom. The van der Waals surface area contributed by atoms with Gasteiger partial charge in [-0.3, -0.25) is 14.5 Å². The topological polar surface area (TPSA) is 106 Å². The molecule has 3 aliphatic rings. The number of nitrogens with zero attached hydrogens (tertiary/aromatic N) is 4. The molecule has 0 spiro atoms. The number of nitrogens with one attached hydrogen (secondary N) is 1. The molecule has 3 saturated heterocycles. The second-order valence-corrected chi connectivity index (χ2v) is 10.8. The number of nitriles is 1. The van der Waals surface area contributed by atoms with Crippen molar-refractivity contribution in [2.24, 2.45) is 0 Å². The van der Waals surface area contributed by atoms with Crippen LogP contribution >= 0.6 is 0 Å². The van der Waals surface area contributed by atoms with Crippen LogP contribution in [0.25, 0.3) is 0 Å². The summed E-state index contributed by atoms with van der Waals surface area (Å²) in [5.41, 5.74) is 0.125. The molecule has 0 radical (unpaired) electrons. The molecular weight excluding hydrogens is 465 g/mol. The quantitative estimate of drug-likeness (QED) is 0.645. The number of hydrogen-bond donors (Lipinski definition) is 1. The Balaban J connectivity index is 1.47. The minimum atomic E-state index is -0.941. The van der Waals surface area contributed by atoms with Crippen molar-refractivity contribution in [2.75, 3.05) is 19.6 Å². The van der Waals surface area contributed by atoms with Gasteiger partial charge in [-0.15, -0.1) is 0 Å². The highest BCUT2D eigenvalue weighted by Gasteiger charge is 2.52. The summed E-state index contributed by atoms with van der Waals surface area (Å²) in [6.07, 6.45) is 1.25. The van der Waals surface area contributed by atoms with Crippen LogP contribution in [0.5, 0.6) is 0 Å². The van der Waals surface area contributed by atoms with E-state index in [1.807, 2.05) is 16.7 Å². The molecule has 3 fully saturated rings. The molecular formula is C26H34FN5O4. The molecule has 2 bridgehead atoms. The van der Waals surface area contributed by atoms with Gasteiger partial charge >= 0.3 is 6.09 Å². The number of halogens is 1. The highest BCUT2D eigenvalue weighted by molar-refractivity contribution is 5.88. The molecule has 36 heavy (non-hydrogen) atoms. The Morgan fingerprint density at radius 2 is 1.97 bits per heavy atom. The van der Waals surface area contributed by atoms with Crippen molar-refractivity contribution in [3.63, 3.8) is 0 Å². The monoisotopic (exact) mass is 499 g/mol. The number of carbonyl (C=O) groups is 3. The highest BCUT2D eigenvalue weighted by Crippen LogP contribution is 2.38. The molecule has 194 valence electrons. The van der Waals surface area contributed by atoms with Gasteiger partial charge in [0.2, 0.25) is 11.8 Å². The molecule has 2 unspecified atom stereocenters. The maximum Gasteiger partial charge on any atom is 0.408 e. The van der Waals surface area contributed by atoms with Crippen LogP contribution in [0.2, 0.25) is 0 Å². The predicted octanol–water partition coefficient (Wildman–Crippen LogP) is 2.58. The van der Waals surface area contributed by atoms with Crippen molar-refractivity contribution in [1.82, 2.24) is 20.0 Å². The van der Waals surface area contributed by atoms with E-state index >= 15 is 0 Å². The van der Waals surface area contributed by atoms with Gasteiger partial charge in [0.15, 0.2) is 0 Å². The molecule has 3 aliphatic heterocycles. The van der Waals surface area contributed by atoms with Crippen LogP contribution in [0.3, 0.4) is 0 Å². The standard InChI is InChI=1S/C26H34FN5O4/c1-16(17-7-9-18(27)10-8-17)32-20-12-22(24(32)34)30(14-20)15-21(29-25(35)36-26(2,3)4)23(33)31-11-5-6-19(31)13-28/h7-10,16,19-22H,5-6,11-12,14-15H2,1-4H3,(H,29,35)/t16-,19?,20+,21?,22+/m1/s1. The van der Waals surface area contributed by atoms with Crippen LogP contribution in [0.4, 0.5) is 9.18 Å². The molecule has 4 rings (SSSR count). The Hall–Kier alpha value is -3.19. The van der Waals surface area contributed by atoms with Crippen LogP contribution in [0.15, 0.2) is 24.3 Å². The third-order valence-corrected chi connectivity index (χ3v) is 7.18. The first-order valence-electron chi connectivity index (χ1n) is 12.5. The van der Waals surface area contributed by atoms with Crippen molar-refractivity contribution >= 4 is 17.9 Å². The number of amides is 3. The van der Waals surface area contributed by atoms with Gasteiger partial charge in [0.1, 0.15) is 23.5 Å². The molecule has 1 N–H and O–H groups in total. The van der Waals surface area contributed by atoms with E-state index in [9.17, 15) is 24.0 Å². The second-order valence-electron chi connectivity index (χ2n) is 10.8. The van der Waals surface area contributed by atoms with Gasteiger partial charge in [0.05, 0.1) is 18.2 Å². The highest BCUT2D eigenvalue weighted by atomic mass is 19.1. The Morgan fingerprint density at radius 3 is 2.58 bits per heavy atom. The van der Waals surface area contributed by atoms with Crippen molar-refractivity contribution in [2.45, 2.75) is 82.8 Å². The van der Waals surface area contributed by atoms with Gasteiger partial charge in [-0.25, -0.2) is 9.18 Å². The molecule has 0 saturated carbocycles. The first-order chi connectivity index (χ1) is 17.0. The number of ether oxygens (including phenoxy) is 1. The van der Waals surface area contributed by atoms with Crippen molar-refractivity contribution in [3.8, 4) is 6.07 Å². The van der Waals surface area contributed by atoms with Gasteiger partial charge in [-0.2, -0.15) is 5.26 Å². The van der Waals surface area contributed by atoms with Crippen LogP contribution < -0.4 is 5.32 Å². The minimum absolute atomic E-state index is 0.0392. The molecule has 10 heteroatoms. The van der Waals surface area contributed by atoms with Crippen LogP contribution in [-0.2, 0) is 14.3 Å². The summed E-state index contributed by atoms with van der Waals surface area (Å²) in [6, 6.07) is 6.23. The van der Waals surface area contributed by atoms with E-state index < -0.39 is 29.8 Å². The number of fused-ring (bicyclic) bond motifs is 2. The van der Waals surface area contributed by atoms with Gasteiger partial charge in [0.25, 0.3) is 0 Å². The normalized spacial score (nSPS) is 25.6. The number of alkyl carbamates (subject to hydrolysis) is 1. The van der Waals surface area contributed by atoms with Gasteiger partial charge in [-0.1, -0.05) is 12.1 Å². The zero-order valence-electron chi connectivity index (χ0n) is 21.2. The van der Waals surface area contributed by atoms with Gasteiger partial charge < -0.3 is 19.9 Å². The first kappa shape index (κ1) is 25.9. The average Bonchev–Trinajstić information content (AvgIpc) is 3.51. The minimum Gasteiger partial charge on any atom is -0.444 e. The number of piperazine rings is 1. The summed E-state index contributed by atoms with van der Waals surface area (Å²) >= 11 is 0. The molecule has 3 heterocycles. The summed E-state index contributed by atoms with van der Waals surface area (Å²) < 4.78 is 18.7. The molecule has 9 nitrogen and oxygen atoms in total. The Bertz CT molecular complexity index is 1050. The van der Waals surface area contributed by atoms with E-state index in [0.717, 1.165) is 12.0 Å². The SMILES string of the molecule is C[C@H](c1ccc(F)cc1)N1C(=O)[C@@H]2C[C@H]1CN2CC(NC(=O)OC(C)(C)C)C(=O)N1CCCC1C#N. The van der Waals surface area contributed by atoms with Crippen LogP contribution in [0, 0.1) is 17.1 Å². The molecule has 0 aromatic heterocycles. The largest absolute Gasteiger partial charge is 0.444 e. The number of hydrogen-bond acceptors (Lipinski definition) is 6. The summed E-state index contributed by atoms with van der Waals surface area (Å²) in [5, 5.41) is 12.2. The summed E-state index contributed by atoms with van der Waals surface area (Å²) in [4.78, 5) is 44.6. The summed E-state index contributed by atoms with van der Waals surface area (Å²) in [5.74, 6) is -0.699. The number of carbonyl (C=O) groups excluding carboxylic acids is 3. The van der Waals surface area contributed by atoms with Crippen LogP contribution in [0.1, 0.15) is 58.6 Å².